The Morgan fingerprint density at radius 3 is 2.73 bits per heavy atom. The second-order valence-electron chi connectivity index (χ2n) is 5.11. The molecule has 0 atom stereocenters. The Bertz CT molecular complexity index is 926. The average Bonchev–Trinajstić information content (AvgIpc) is 3.11. The minimum atomic E-state index is -0.207. The third-order valence-electron chi connectivity index (χ3n) is 3.25. The van der Waals surface area contributed by atoms with Crippen molar-refractivity contribution in [2.24, 2.45) is 5.10 Å². The number of nitrogens with zero attached hydrogens (tertiary/aromatic N) is 2. The van der Waals surface area contributed by atoms with Gasteiger partial charge in [-0.3, -0.25) is 4.79 Å². The highest BCUT2D eigenvalue weighted by atomic mass is 35.5. The smallest absolute Gasteiger partial charge is 0.250 e. The van der Waals surface area contributed by atoms with Crippen LogP contribution in [-0.2, 0) is 4.79 Å². The summed E-state index contributed by atoms with van der Waals surface area (Å²) < 4.78 is 0.820. The topological polar surface area (TPSA) is 54.4 Å². The lowest BCUT2D eigenvalue weighted by molar-refractivity contribution is -0.118. The summed E-state index contributed by atoms with van der Waals surface area (Å²) in [5.74, 6) is 0.0227. The van der Waals surface area contributed by atoms with Crippen molar-refractivity contribution >= 4 is 58.4 Å². The first-order valence-electron chi connectivity index (χ1n) is 7.52. The molecule has 1 aromatic heterocycles. The van der Waals surface area contributed by atoms with E-state index in [2.05, 4.69) is 15.5 Å². The van der Waals surface area contributed by atoms with Crippen LogP contribution in [0.25, 0.3) is 11.3 Å². The maximum Gasteiger partial charge on any atom is 0.250 e. The van der Waals surface area contributed by atoms with E-state index < -0.39 is 0 Å². The van der Waals surface area contributed by atoms with Crippen LogP contribution < -0.4 is 5.43 Å². The minimum Gasteiger partial charge on any atom is -0.272 e. The first-order valence-corrected chi connectivity index (χ1v) is 10.1. The number of aromatic nitrogens is 1. The number of amides is 1. The van der Waals surface area contributed by atoms with Crippen LogP contribution in [0.15, 0.2) is 63.4 Å². The van der Waals surface area contributed by atoms with Crippen LogP contribution >= 0.6 is 46.3 Å². The molecule has 26 heavy (non-hydrogen) atoms. The van der Waals surface area contributed by atoms with Crippen molar-refractivity contribution in [2.75, 3.05) is 5.75 Å². The van der Waals surface area contributed by atoms with Gasteiger partial charge in [0.05, 0.1) is 17.7 Å². The molecule has 2 aromatic carbocycles. The molecule has 0 aliphatic carbocycles. The van der Waals surface area contributed by atoms with Gasteiger partial charge in [0.2, 0.25) is 0 Å². The molecule has 0 radical (unpaired) electrons. The molecule has 8 heteroatoms. The van der Waals surface area contributed by atoms with Crippen molar-refractivity contribution in [3.8, 4) is 11.3 Å². The maximum absolute atomic E-state index is 11.9. The largest absolute Gasteiger partial charge is 0.272 e. The van der Waals surface area contributed by atoms with Crippen molar-refractivity contribution in [3.63, 3.8) is 0 Å². The van der Waals surface area contributed by atoms with Gasteiger partial charge in [-0.2, -0.15) is 5.10 Å². The van der Waals surface area contributed by atoms with Crippen LogP contribution in [0.1, 0.15) is 5.56 Å². The number of carbonyl (C=O) groups excluding carboxylic acids is 1. The Morgan fingerprint density at radius 2 is 1.96 bits per heavy atom. The number of hydrogen-bond acceptors (Lipinski definition) is 5. The van der Waals surface area contributed by atoms with E-state index in [0.29, 0.717) is 10.0 Å². The molecule has 4 nitrogen and oxygen atoms in total. The van der Waals surface area contributed by atoms with Gasteiger partial charge in [-0.15, -0.1) is 11.3 Å². The first kappa shape index (κ1) is 18.9. The van der Waals surface area contributed by atoms with Crippen molar-refractivity contribution < 1.29 is 4.79 Å². The van der Waals surface area contributed by atoms with Gasteiger partial charge in [-0.25, -0.2) is 10.4 Å². The Kier molecular flexibility index (Phi) is 6.68. The summed E-state index contributed by atoms with van der Waals surface area (Å²) in [6.07, 6.45) is 1.52. The Balaban J connectivity index is 1.50. The number of halogens is 2. The number of thiazole rings is 1. The zero-order valence-corrected chi connectivity index (χ0v) is 16.5. The van der Waals surface area contributed by atoms with E-state index in [4.69, 9.17) is 23.2 Å². The van der Waals surface area contributed by atoms with Crippen molar-refractivity contribution in [1.82, 2.24) is 10.4 Å². The van der Waals surface area contributed by atoms with Crippen LogP contribution in [0.5, 0.6) is 0 Å². The van der Waals surface area contributed by atoms with Gasteiger partial charge < -0.3 is 0 Å². The zero-order valence-electron chi connectivity index (χ0n) is 13.4. The molecule has 0 saturated heterocycles. The van der Waals surface area contributed by atoms with Crippen molar-refractivity contribution in [3.05, 3.63) is 69.5 Å². The molecule has 1 heterocycles. The SMILES string of the molecule is O=C(CSc1nc(-c2ccc(Cl)cc2)cs1)NN=Cc1ccccc1Cl. The number of carbonyl (C=O) groups is 1. The lowest BCUT2D eigenvalue weighted by Gasteiger charge is -1.99. The number of hydrogen-bond donors (Lipinski definition) is 1. The van der Waals surface area contributed by atoms with Crippen molar-refractivity contribution in [1.29, 1.82) is 0 Å². The number of thioether (sulfide) groups is 1. The van der Waals surface area contributed by atoms with E-state index in [1.54, 1.807) is 6.07 Å². The lowest BCUT2D eigenvalue weighted by Crippen LogP contribution is -2.19. The second kappa shape index (κ2) is 9.19. The average molecular weight is 422 g/mol. The van der Waals surface area contributed by atoms with Gasteiger partial charge >= 0.3 is 0 Å². The standard InChI is InChI=1S/C18H13Cl2N3OS2/c19-14-7-5-12(6-8-14)16-10-25-18(22-16)26-11-17(24)23-21-9-13-3-1-2-4-15(13)20/h1-10H,11H2,(H,23,24). The van der Waals surface area contributed by atoms with Gasteiger partial charge in [-0.1, -0.05) is 65.3 Å². The summed E-state index contributed by atoms with van der Waals surface area (Å²) in [5, 5.41) is 7.15. The van der Waals surface area contributed by atoms with Crippen LogP contribution in [0.4, 0.5) is 0 Å². The third-order valence-corrected chi connectivity index (χ3v) is 5.87. The third kappa shape index (κ3) is 5.32. The van der Waals surface area contributed by atoms with Gasteiger partial charge in [0.1, 0.15) is 0 Å². The lowest BCUT2D eigenvalue weighted by atomic mass is 10.2. The molecule has 0 bridgehead atoms. The maximum atomic E-state index is 11.9. The molecule has 0 fully saturated rings. The van der Waals surface area contributed by atoms with Crippen molar-refractivity contribution in [2.45, 2.75) is 4.34 Å². The summed E-state index contributed by atoms with van der Waals surface area (Å²) in [7, 11) is 0. The second-order valence-corrected chi connectivity index (χ2v) is 8.03. The normalized spacial score (nSPS) is 11.0. The molecule has 0 aliphatic heterocycles. The summed E-state index contributed by atoms with van der Waals surface area (Å²) in [4.78, 5) is 16.4. The van der Waals surface area contributed by atoms with E-state index in [9.17, 15) is 4.79 Å². The van der Waals surface area contributed by atoms with Crippen LogP contribution in [-0.4, -0.2) is 22.9 Å². The fourth-order valence-corrected chi connectivity index (χ4v) is 3.93. The molecule has 0 saturated carbocycles. The quantitative estimate of drug-likeness (QED) is 0.331. The summed E-state index contributed by atoms with van der Waals surface area (Å²) >= 11 is 14.8. The van der Waals surface area contributed by atoms with Crippen LogP contribution in [0, 0.1) is 0 Å². The number of nitrogens with one attached hydrogen (secondary N) is 1. The molecule has 0 unspecified atom stereocenters. The number of rotatable bonds is 6. The van der Waals surface area contributed by atoms with Gasteiger partial charge in [0.25, 0.3) is 5.91 Å². The number of hydrazone groups is 1. The van der Waals surface area contributed by atoms with Gasteiger partial charge in [0, 0.05) is 26.6 Å². The zero-order chi connectivity index (χ0) is 18.4. The molecule has 0 spiro atoms. The number of benzene rings is 2. The highest BCUT2D eigenvalue weighted by Gasteiger charge is 2.08. The molecule has 3 aromatic rings. The highest BCUT2D eigenvalue weighted by Crippen LogP contribution is 2.28. The molecular formula is C18H13Cl2N3OS2. The predicted octanol–water partition coefficient (Wildman–Crippen LogP) is 5.36. The monoisotopic (exact) mass is 421 g/mol. The van der Waals surface area contributed by atoms with Crippen LogP contribution in [0.3, 0.4) is 0 Å². The Morgan fingerprint density at radius 1 is 1.19 bits per heavy atom. The summed E-state index contributed by atoms with van der Waals surface area (Å²) in [5.41, 5.74) is 5.09. The van der Waals surface area contributed by atoms with E-state index in [0.717, 1.165) is 21.2 Å². The van der Waals surface area contributed by atoms with E-state index in [1.165, 1.54) is 29.3 Å². The molecule has 1 amide bonds. The molecule has 132 valence electrons. The minimum absolute atomic E-state index is 0.207. The van der Waals surface area contributed by atoms with E-state index in [-0.39, 0.29) is 11.7 Å². The summed E-state index contributed by atoms with van der Waals surface area (Å²) in [6, 6.07) is 14.8. The molecular weight excluding hydrogens is 409 g/mol. The summed E-state index contributed by atoms with van der Waals surface area (Å²) in [6.45, 7) is 0. The predicted molar refractivity (Wildman–Crippen MR) is 110 cm³/mol. The highest BCUT2D eigenvalue weighted by molar-refractivity contribution is 8.01. The molecule has 3 rings (SSSR count). The van der Waals surface area contributed by atoms with Gasteiger partial charge in [0.15, 0.2) is 4.34 Å². The van der Waals surface area contributed by atoms with Gasteiger partial charge in [-0.05, 0) is 18.2 Å². The molecule has 0 aliphatic rings. The van der Waals surface area contributed by atoms with E-state index in [1.807, 2.05) is 47.8 Å². The first-order chi connectivity index (χ1) is 12.6. The molecule has 1 N–H and O–H groups in total. The fourth-order valence-electron chi connectivity index (χ4n) is 1.99. The Hall–Kier alpha value is -1.86. The van der Waals surface area contributed by atoms with Crippen LogP contribution in [0.2, 0.25) is 10.0 Å². The fraction of sp³-hybridized carbons (Fsp3) is 0.0556. The Labute approximate surface area is 169 Å². The van der Waals surface area contributed by atoms with E-state index >= 15 is 0 Å².